The van der Waals surface area contributed by atoms with Crippen molar-refractivity contribution in [1.82, 2.24) is 15.0 Å². The van der Waals surface area contributed by atoms with E-state index in [1.807, 2.05) is 48.5 Å². The van der Waals surface area contributed by atoms with E-state index in [4.69, 9.17) is 0 Å². The molecule has 0 aliphatic carbocycles. The minimum absolute atomic E-state index is 0.161. The van der Waals surface area contributed by atoms with Crippen molar-refractivity contribution < 1.29 is 9.59 Å². The summed E-state index contributed by atoms with van der Waals surface area (Å²) in [4.78, 5) is 37.7. The summed E-state index contributed by atoms with van der Waals surface area (Å²) in [6, 6.07) is 22.3. The zero-order valence-electron chi connectivity index (χ0n) is 23.1. The summed E-state index contributed by atoms with van der Waals surface area (Å²) in [5.74, 6) is 0.456. The Kier molecular flexibility index (Phi) is 9.24. The van der Waals surface area contributed by atoms with Gasteiger partial charge in [-0.1, -0.05) is 38.1 Å². The average Bonchev–Trinajstić information content (AvgIpc) is 2.94. The van der Waals surface area contributed by atoms with E-state index in [0.717, 1.165) is 24.2 Å². The predicted octanol–water partition coefficient (Wildman–Crippen LogP) is 5.88. The zero-order chi connectivity index (χ0) is 28.5. The summed E-state index contributed by atoms with van der Waals surface area (Å²) in [6.45, 7) is 7.37. The Bertz CT molecular complexity index is 1370. The van der Waals surface area contributed by atoms with Crippen molar-refractivity contribution in [1.29, 1.82) is 0 Å². The van der Waals surface area contributed by atoms with Gasteiger partial charge in [-0.05, 0) is 79.4 Å². The highest BCUT2D eigenvalue weighted by Crippen LogP contribution is 2.21. The van der Waals surface area contributed by atoms with Crippen LogP contribution in [0.4, 0.5) is 40.6 Å². The number of hydrogen-bond donors (Lipinski definition) is 5. The quantitative estimate of drug-likeness (QED) is 0.160. The minimum Gasteiger partial charge on any atom is -0.342 e. The van der Waals surface area contributed by atoms with Crippen molar-refractivity contribution in [2.75, 3.05) is 26.6 Å². The highest BCUT2D eigenvalue weighted by atomic mass is 16.2. The number of hydrogen-bond acceptors (Lipinski definition) is 8. The van der Waals surface area contributed by atoms with Crippen molar-refractivity contribution in [3.63, 3.8) is 0 Å². The van der Waals surface area contributed by atoms with Gasteiger partial charge in [0.1, 0.15) is 6.04 Å². The van der Waals surface area contributed by atoms with Gasteiger partial charge in [0, 0.05) is 29.7 Å². The molecule has 10 heteroatoms. The van der Waals surface area contributed by atoms with Crippen LogP contribution in [0, 0.1) is 0 Å². The summed E-state index contributed by atoms with van der Waals surface area (Å²) >= 11 is 0. The molecule has 0 aliphatic heterocycles. The molecule has 0 radical (unpaired) electrons. The van der Waals surface area contributed by atoms with Gasteiger partial charge >= 0.3 is 0 Å². The zero-order valence-corrected chi connectivity index (χ0v) is 23.1. The molecule has 0 spiro atoms. The molecule has 0 bridgehead atoms. The van der Waals surface area contributed by atoms with Gasteiger partial charge in [-0.2, -0.15) is 15.0 Å². The molecular formula is C30H34N8O2. The number of benzene rings is 3. The molecule has 3 aromatic carbocycles. The van der Waals surface area contributed by atoms with Gasteiger partial charge in [-0.15, -0.1) is 0 Å². The first kappa shape index (κ1) is 28.0. The van der Waals surface area contributed by atoms with E-state index < -0.39 is 6.04 Å². The first-order valence-corrected chi connectivity index (χ1v) is 13.2. The Balaban J connectivity index is 1.51. The lowest BCUT2D eigenvalue weighted by Crippen LogP contribution is -2.32. The van der Waals surface area contributed by atoms with Crippen molar-refractivity contribution in [3.8, 4) is 0 Å². The van der Waals surface area contributed by atoms with E-state index in [1.165, 1.54) is 18.1 Å². The summed E-state index contributed by atoms with van der Waals surface area (Å²) in [5.41, 5.74) is 5.37. The molecule has 0 saturated carbocycles. The fourth-order valence-electron chi connectivity index (χ4n) is 3.81. The number of anilines is 7. The maximum Gasteiger partial charge on any atom is 0.246 e. The molecule has 4 aromatic rings. The standard InChI is InChI=1S/C30H34N8O2/c1-5-21-7-11-25(12-8-21)34-29-36-28(37-30(38-29)35-26-13-9-22(6-2)10-14-26)31-19(3)27(40)33-24-17-15-23(16-18-24)32-20(4)39/h7-19H,5-6H2,1-4H3,(H,32,39)(H,33,40)(H3,31,34,35,36,37,38). The van der Waals surface area contributed by atoms with Crippen LogP contribution < -0.4 is 26.6 Å². The number of aryl methyl sites for hydroxylation is 2. The van der Waals surface area contributed by atoms with Gasteiger partial charge in [0.2, 0.25) is 29.7 Å². The van der Waals surface area contributed by atoms with Gasteiger partial charge in [0.25, 0.3) is 0 Å². The third-order valence-corrected chi connectivity index (χ3v) is 6.08. The van der Waals surface area contributed by atoms with Crippen LogP contribution in [0.15, 0.2) is 72.8 Å². The molecule has 1 unspecified atom stereocenters. The Morgan fingerprint density at radius 3 is 1.45 bits per heavy atom. The third kappa shape index (κ3) is 8.00. The molecule has 4 rings (SSSR count). The number of nitrogens with zero attached hydrogens (tertiary/aromatic N) is 3. The van der Waals surface area contributed by atoms with Crippen molar-refractivity contribution in [2.24, 2.45) is 0 Å². The first-order valence-electron chi connectivity index (χ1n) is 13.2. The molecule has 206 valence electrons. The molecule has 1 atom stereocenters. The molecule has 1 heterocycles. The normalized spacial score (nSPS) is 11.3. The number of amides is 2. The Labute approximate surface area is 234 Å². The predicted molar refractivity (Wildman–Crippen MR) is 160 cm³/mol. The molecule has 0 fully saturated rings. The number of aromatic nitrogens is 3. The SMILES string of the molecule is CCc1ccc(Nc2nc(Nc3ccc(CC)cc3)nc(NC(C)C(=O)Nc3ccc(NC(C)=O)cc3)n2)cc1. The summed E-state index contributed by atoms with van der Waals surface area (Å²) in [7, 11) is 0. The lowest BCUT2D eigenvalue weighted by Gasteiger charge is -2.16. The van der Waals surface area contributed by atoms with E-state index in [0.29, 0.717) is 23.3 Å². The lowest BCUT2D eigenvalue weighted by molar-refractivity contribution is -0.116. The van der Waals surface area contributed by atoms with Crippen LogP contribution in [0.1, 0.15) is 38.8 Å². The average molecular weight is 539 g/mol. The van der Waals surface area contributed by atoms with Gasteiger partial charge < -0.3 is 26.6 Å². The molecule has 5 N–H and O–H groups in total. The fourth-order valence-corrected chi connectivity index (χ4v) is 3.81. The van der Waals surface area contributed by atoms with E-state index in [1.54, 1.807) is 31.2 Å². The summed E-state index contributed by atoms with van der Waals surface area (Å²) in [6.07, 6.45) is 1.90. The van der Waals surface area contributed by atoms with Gasteiger partial charge in [-0.3, -0.25) is 9.59 Å². The molecule has 40 heavy (non-hydrogen) atoms. The van der Waals surface area contributed by atoms with Crippen molar-refractivity contribution in [3.05, 3.63) is 83.9 Å². The monoisotopic (exact) mass is 538 g/mol. The van der Waals surface area contributed by atoms with Crippen LogP contribution >= 0.6 is 0 Å². The Morgan fingerprint density at radius 2 is 1.02 bits per heavy atom. The topological polar surface area (TPSA) is 133 Å². The second kappa shape index (κ2) is 13.2. The van der Waals surface area contributed by atoms with E-state index in [2.05, 4.69) is 55.4 Å². The van der Waals surface area contributed by atoms with E-state index in [9.17, 15) is 9.59 Å². The highest BCUT2D eigenvalue weighted by molar-refractivity contribution is 5.96. The molecule has 0 aliphatic rings. The fraction of sp³-hybridized carbons (Fsp3) is 0.233. The third-order valence-electron chi connectivity index (χ3n) is 6.08. The second-order valence-corrected chi connectivity index (χ2v) is 9.27. The van der Waals surface area contributed by atoms with Crippen LogP contribution in [0.3, 0.4) is 0 Å². The first-order chi connectivity index (χ1) is 19.3. The maximum absolute atomic E-state index is 12.9. The molecule has 1 aromatic heterocycles. The van der Waals surface area contributed by atoms with Crippen LogP contribution in [-0.4, -0.2) is 32.8 Å². The Morgan fingerprint density at radius 1 is 0.625 bits per heavy atom. The molecule has 0 saturated heterocycles. The molecule has 2 amide bonds. The molecule has 10 nitrogen and oxygen atoms in total. The summed E-state index contributed by atoms with van der Waals surface area (Å²) < 4.78 is 0. The summed E-state index contributed by atoms with van der Waals surface area (Å²) in [5, 5.41) is 15.1. The van der Waals surface area contributed by atoms with Crippen LogP contribution in [0.25, 0.3) is 0 Å². The minimum atomic E-state index is -0.661. The van der Waals surface area contributed by atoms with Crippen molar-refractivity contribution >= 4 is 52.4 Å². The smallest absolute Gasteiger partial charge is 0.246 e. The van der Waals surface area contributed by atoms with Crippen LogP contribution in [0.5, 0.6) is 0 Å². The maximum atomic E-state index is 12.9. The van der Waals surface area contributed by atoms with E-state index in [-0.39, 0.29) is 17.8 Å². The van der Waals surface area contributed by atoms with E-state index >= 15 is 0 Å². The van der Waals surface area contributed by atoms with Gasteiger partial charge in [0.15, 0.2) is 0 Å². The number of carbonyl (C=O) groups excluding carboxylic acids is 2. The number of carbonyl (C=O) groups is 2. The largest absolute Gasteiger partial charge is 0.342 e. The van der Waals surface area contributed by atoms with Crippen LogP contribution in [0.2, 0.25) is 0 Å². The lowest BCUT2D eigenvalue weighted by atomic mass is 10.1. The van der Waals surface area contributed by atoms with Gasteiger partial charge in [0.05, 0.1) is 0 Å². The van der Waals surface area contributed by atoms with Gasteiger partial charge in [-0.25, -0.2) is 0 Å². The second-order valence-electron chi connectivity index (χ2n) is 9.27. The number of nitrogens with one attached hydrogen (secondary N) is 5. The molecular weight excluding hydrogens is 504 g/mol. The number of rotatable bonds is 11. The van der Waals surface area contributed by atoms with Crippen LogP contribution in [-0.2, 0) is 22.4 Å². The van der Waals surface area contributed by atoms with Crippen molar-refractivity contribution in [2.45, 2.75) is 46.6 Å². The Hall–Kier alpha value is -4.99. The highest BCUT2D eigenvalue weighted by Gasteiger charge is 2.16.